The molecule has 8 nitrogen and oxygen atoms in total. The molecule has 0 spiro atoms. The zero-order valence-corrected chi connectivity index (χ0v) is 18.6. The van der Waals surface area contributed by atoms with Crippen molar-refractivity contribution in [3.8, 4) is 0 Å². The van der Waals surface area contributed by atoms with Crippen LogP contribution in [0.15, 0.2) is 91.0 Å². The van der Waals surface area contributed by atoms with Crippen LogP contribution in [0.3, 0.4) is 0 Å². The van der Waals surface area contributed by atoms with Crippen molar-refractivity contribution in [2.45, 2.75) is 31.0 Å². The molecule has 1 fully saturated rings. The highest BCUT2D eigenvalue weighted by Crippen LogP contribution is 2.27. The van der Waals surface area contributed by atoms with E-state index in [1.165, 1.54) is 24.3 Å². The number of benzene rings is 3. The first kappa shape index (κ1) is 22.8. The van der Waals surface area contributed by atoms with Gasteiger partial charge in [0, 0.05) is 7.77 Å². The van der Waals surface area contributed by atoms with E-state index in [4.69, 9.17) is 20.3 Å². The van der Waals surface area contributed by atoms with Crippen molar-refractivity contribution in [1.29, 1.82) is 0 Å². The molecule has 1 saturated heterocycles. The minimum atomic E-state index is -1.69. The molecule has 180 valence electrons. The van der Waals surface area contributed by atoms with Gasteiger partial charge in [0.25, 0.3) is 0 Å². The van der Waals surface area contributed by atoms with Gasteiger partial charge in [0.1, 0.15) is 18.8 Å². The molecular formula is C27H24O8. The molecular weight excluding hydrogens is 452 g/mol. The van der Waals surface area contributed by atoms with E-state index in [0.29, 0.717) is 0 Å². The lowest BCUT2D eigenvalue weighted by molar-refractivity contribution is -0.239. The summed E-state index contributed by atoms with van der Waals surface area (Å²) in [5.74, 6) is -2.19. The van der Waals surface area contributed by atoms with Gasteiger partial charge in [-0.25, -0.2) is 14.4 Å². The molecule has 0 radical (unpaired) electrons. The van der Waals surface area contributed by atoms with Crippen LogP contribution < -0.4 is 0 Å². The Hall–Kier alpha value is -4.01. The Kier molecular flexibility index (Phi) is 7.42. The summed E-state index contributed by atoms with van der Waals surface area (Å²) < 4.78 is 30.4. The van der Waals surface area contributed by atoms with Crippen LogP contribution in [-0.2, 0) is 18.9 Å². The summed E-state index contributed by atoms with van der Waals surface area (Å²) in [5.41, 5.74) is 0.723. The molecule has 5 atom stereocenters. The highest BCUT2D eigenvalue weighted by atomic mass is 16.7. The second kappa shape index (κ2) is 11.4. The number of hydrogen-bond acceptors (Lipinski definition) is 8. The van der Waals surface area contributed by atoms with E-state index in [1.54, 1.807) is 66.7 Å². The molecule has 4 rings (SSSR count). The van der Waals surface area contributed by atoms with E-state index in [1.807, 2.05) is 0 Å². The fourth-order valence-electron chi connectivity index (χ4n) is 3.52. The van der Waals surface area contributed by atoms with Gasteiger partial charge in [0.15, 0.2) is 12.4 Å². The molecule has 8 heteroatoms. The van der Waals surface area contributed by atoms with E-state index in [2.05, 4.69) is 0 Å². The van der Waals surface area contributed by atoms with Crippen molar-refractivity contribution in [2.24, 2.45) is 0 Å². The monoisotopic (exact) mass is 477 g/mol. The van der Waals surface area contributed by atoms with Crippen LogP contribution in [0.25, 0.3) is 0 Å². The smallest absolute Gasteiger partial charge is 0.338 e. The van der Waals surface area contributed by atoms with Crippen molar-refractivity contribution >= 4 is 17.9 Å². The molecule has 0 saturated carbocycles. The van der Waals surface area contributed by atoms with Crippen LogP contribution in [0.1, 0.15) is 38.8 Å². The van der Waals surface area contributed by atoms with E-state index >= 15 is 0 Å². The first-order valence-electron chi connectivity index (χ1n) is 11.5. The minimum absolute atomic E-state index is 0.214. The highest BCUT2D eigenvalue weighted by molar-refractivity contribution is 5.90. The SMILES string of the molecule is [2H][C@H]1[C@H](OC(=O)c2ccccc2)[C@H](OC(=O)c2ccccc2)[C@@H](COC(=O)c2ccccc2)O[C@H]1O. The van der Waals surface area contributed by atoms with Crippen LogP contribution in [0.4, 0.5) is 0 Å². The van der Waals surface area contributed by atoms with E-state index in [9.17, 15) is 19.5 Å². The maximum atomic E-state index is 12.9. The van der Waals surface area contributed by atoms with Crippen LogP contribution in [-0.4, -0.2) is 54.2 Å². The minimum Gasteiger partial charge on any atom is -0.459 e. The summed E-state index contributed by atoms with van der Waals surface area (Å²) in [4.78, 5) is 38.1. The molecule has 0 aromatic heterocycles. The Bertz CT molecular complexity index is 1170. The van der Waals surface area contributed by atoms with Crippen LogP contribution in [0, 0.1) is 0 Å². The Morgan fingerprint density at radius 3 is 1.74 bits per heavy atom. The number of ether oxygens (including phenoxy) is 4. The summed E-state index contributed by atoms with van der Waals surface area (Å²) in [6, 6.07) is 24.4. The first-order valence-corrected chi connectivity index (χ1v) is 10.9. The topological polar surface area (TPSA) is 108 Å². The molecule has 1 N–H and O–H groups in total. The second-order valence-corrected chi connectivity index (χ2v) is 7.69. The average Bonchev–Trinajstić information content (AvgIpc) is 2.92. The number of carbonyl (C=O) groups is 3. The van der Waals surface area contributed by atoms with Crippen molar-refractivity contribution < 1.29 is 39.8 Å². The van der Waals surface area contributed by atoms with Crippen LogP contribution in [0.2, 0.25) is 0 Å². The van der Waals surface area contributed by atoms with Gasteiger partial charge in [-0.15, -0.1) is 0 Å². The van der Waals surface area contributed by atoms with Crippen molar-refractivity contribution in [3.05, 3.63) is 108 Å². The summed E-state index contributed by atoms with van der Waals surface area (Å²) in [7, 11) is 0. The normalized spacial score (nSPS) is 24.0. The van der Waals surface area contributed by atoms with Gasteiger partial charge in [-0.05, 0) is 36.4 Å². The third-order valence-electron chi connectivity index (χ3n) is 5.25. The number of carbonyl (C=O) groups excluding carboxylic acids is 3. The predicted octanol–water partition coefficient (Wildman–Crippen LogP) is 3.40. The van der Waals surface area contributed by atoms with Gasteiger partial charge in [-0.3, -0.25) is 0 Å². The van der Waals surface area contributed by atoms with E-state index < -0.39 is 55.5 Å². The number of aliphatic hydroxyl groups is 1. The molecule has 3 aromatic rings. The molecule has 35 heavy (non-hydrogen) atoms. The molecule has 0 amide bonds. The molecule has 1 aliphatic rings. The van der Waals surface area contributed by atoms with E-state index in [0.717, 1.165) is 0 Å². The van der Waals surface area contributed by atoms with Gasteiger partial charge in [0.05, 0.1) is 16.7 Å². The molecule has 1 heterocycles. The number of rotatable bonds is 7. The molecule has 1 aliphatic heterocycles. The van der Waals surface area contributed by atoms with Gasteiger partial charge >= 0.3 is 17.9 Å². The number of esters is 3. The maximum absolute atomic E-state index is 12.9. The standard InChI is InChI=1S/C27H24O8/c28-23-16-21(34-26(30)19-12-6-2-7-13-19)24(35-27(31)20-14-8-3-9-15-20)22(33-23)17-32-25(29)18-10-4-1-5-11-18/h1-15,21-24,28H,16-17H2/t21-,22+,23+,24-/m0/s1/i16D/t16-,21-,22+,23+,24-. The summed E-state index contributed by atoms with van der Waals surface area (Å²) >= 11 is 0. The van der Waals surface area contributed by atoms with Gasteiger partial charge < -0.3 is 24.1 Å². The van der Waals surface area contributed by atoms with Crippen molar-refractivity contribution in [3.63, 3.8) is 0 Å². The number of aliphatic hydroxyl groups excluding tert-OH is 1. The summed E-state index contributed by atoms with van der Waals surface area (Å²) in [6.07, 6.45) is -7.15. The number of hydrogen-bond donors (Lipinski definition) is 1. The lowest BCUT2D eigenvalue weighted by Crippen LogP contribution is -2.54. The van der Waals surface area contributed by atoms with Crippen LogP contribution in [0.5, 0.6) is 0 Å². The quantitative estimate of drug-likeness (QED) is 0.408. The van der Waals surface area contributed by atoms with Gasteiger partial charge in [0.2, 0.25) is 0 Å². The second-order valence-electron chi connectivity index (χ2n) is 7.69. The fraction of sp³-hybridized carbons (Fsp3) is 0.222. The lowest BCUT2D eigenvalue weighted by atomic mass is 10.0. The molecule has 3 aromatic carbocycles. The third kappa shape index (κ3) is 6.32. The Morgan fingerprint density at radius 1 is 0.771 bits per heavy atom. The Labute approximate surface area is 203 Å². The molecule has 0 aliphatic carbocycles. The molecule has 0 unspecified atom stereocenters. The van der Waals surface area contributed by atoms with Gasteiger partial charge in [-0.2, -0.15) is 0 Å². The van der Waals surface area contributed by atoms with E-state index in [-0.39, 0.29) is 16.7 Å². The average molecular weight is 477 g/mol. The lowest BCUT2D eigenvalue weighted by Gasteiger charge is -2.38. The zero-order valence-electron chi connectivity index (χ0n) is 19.6. The van der Waals surface area contributed by atoms with Gasteiger partial charge in [-0.1, -0.05) is 54.6 Å². The summed E-state index contributed by atoms with van der Waals surface area (Å²) in [6.45, 7) is -0.427. The fourth-order valence-corrected chi connectivity index (χ4v) is 3.52. The molecule has 0 bridgehead atoms. The van der Waals surface area contributed by atoms with Crippen LogP contribution >= 0.6 is 0 Å². The van der Waals surface area contributed by atoms with Crippen molar-refractivity contribution in [2.75, 3.05) is 6.61 Å². The Morgan fingerprint density at radius 2 is 1.23 bits per heavy atom. The largest absolute Gasteiger partial charge is 0.459 e. The predicted molar refractivity (Wildman–Crippen MR) is 124 cm³/mol. The van der Waals surface area contributed by atoms with Crippen molar-refractivity contribution in [1.82, 2.24) is 0 Å². The Balaban J connectivity index is 1.57. The first-order chi connectivity index (χ1) is 17.4. The maximum Gasteiger partial charge on any atom is 0.338 e. The highest BCUT2D eigenvalue weighted by Gasteiger charge is 2.44. The third-order valence-corrected chi connectivity index (χ3v) is 5.25. The summed E-state index contributed by atoms with van der Waals surface area (Å²) in [5, 5.41) is 10.4. The zero-order chi connectivity index (χ0) is 25.5.